The van der Waals surface area contributed by atoms with Crippen molar-refractivity contribution in [2.75, 3.05) is 38.1 Å². The fourth-order valence-electron chi connectivity index (χ4n) is 5.31. The summed E-state index contributed by atoms with van der Waals surface area (Å²) in [6.45, 7) is 11.3. The highest BCUT2D eigenvalue weighted by atomic mass is 35.5. The van der Waals surface area contributed by atoms with Gasteiger partial charge in [-0.15, -0.1) is 0 Å². The van der Waals surface area contributed by atoms with E-state index in [-0.39, 0.29) is 0 Å². The Morgan fingerprint density at radius 3 is 2.38 bits per heavy atom. The first-order chi connectivity index (χ1) is 18.9. The summed E-state index contributed by atoms with van der Waals surface area (Å²) in [6, 6.07) is 16.9. The molecule has 0 bridgehead atoms. The van der Waals surface area contributed by atoms with Gasteiger partial charge in [-0.2, -0.15) is 9.61 Å². The lowest BCUT2D eigenvalue weighted by atomic mass is 10.0. The number of piperidine rings is 1. The van der Waals surface area contributed by atoms with Crippen LogP contribution in [0.3, 0.4) is 0 Å². The van der Waals surface area contributed by atoms with Crippen LogP contribution in [0.25, 0.3) is 16.8 Å². The summed E-state index contributed by atoms with van der Waals surface area (Å²) in [4.78, 5) is 7.35. The van der Waals surface area contributed by atoms with Crippen molar-refractivity contribution in [1.82, 2.24) is 24.8 Å². The van der Waals surface area contributed by atoms with Crippen molar-refractivity contribution < 1.29 is 4.74 Å². The van der Waals surface area contributed by atoms with E-state index in [1.807, 2.05) is 31.4 Å². The van der Waals surface area contributed by atoms with Crippen LogP contribution in [-0.4, -0.2) is 58.3 Å². The number of likely N-dealkylation sites (tertiary alicyclic amines) is 1. The number of nitrogens with one attached hydrogen (secondary N) is 2. The summed E-state index contributed by atoms with van der Waals surface area (Å²) >= 11 is 13.4. The molecule has 0 aliphatic carbocycles. The van der Waals surface area contributed by atoms with Gasteiger partial charge in [-0.1, -0.05) is 53.5 Å². The highest BCUT2D eigenvalue weighted by molar-refractivity contribution is 6.39. The average Bonchev–Trinajstić information content (AvgIpc) is 3.23. The maximum absolute atomic E-state index is 6.68. The maximum Gasteiger partial charge on any atom is 0.165 e. The standard InChI is InChI=1S/C30H36Cl2N6O/c1-4-39-24-17-25(31)29(26(32)18-24)28-21(3)36-38-27(16-20(2)35-30(28)38)34-13-12-33-23-10-14-37(15-11-23)19-22-8-6-5-7-9-22/h5-9,16-18,23,33-34H,4,10-15,19H2,1-3H3. The third kappa shape index (κ3) is 6.49. The van der Waals surface area contributed by atoms with Crippen LogP contribution >= 0.6 is 23.2 Å². The van der Waals surface area contributed by atoms with Crippen molar-refractivity contribution in [2.45, 2.75) is 46.2 Å². The Kier molecular flexibility index (Phi) is 8.92. The number of aryl methyl sites for hydroxylation is 2. The summed E-state index contributed by atoms with van der Waals surface area (Å²) < 4.78 is 7.45. The number of hydrogen-bond acceptors (Lipinski definition) is 6. The van der Waals surface area contributed by atoms with Crippen LogP contribution in [0.4, 0.5) is 5.82 Å². The van der Waals surface area contributed by atoms with Crippen LogP contribution in [0.5, 0.6) is 5.75 Å². The van der Waals surface area contributed by atoms with Crippen molar-refractivity contribution >= 4 is 34.7 Å². The van der Waals surface area contributed by atoms with Gasteiger partial charge in [0.25, 0.3) is 0 Å². The topological polar surface area (TPSA) is 66.7 Å². The highest BCUT2D eigenvalue weighted by Gasteiger charge is 2.22. The monoisotopic (exact) mass is 566 g/mol. The largest absolute Gasteiger partial charge is 0.494 e. The van der Waals surface area contributed by atoms with Crippen molar-refractivity contribution in [3.8, 4) is 16.9 Å². The Bertz CT molecular complexity index is 1390. The average molecular weight is 568 g/mol. The van der Waals surface area contributed by atoms with Crippen LogP contribution in [-0.2, 0) is 6.54 Å². The second kappa shape index (κ2) is 12.6. The normalized spacial score (nSPS) is 14.7. The second-order valence-electron chi connectivity index (χ2n) is 10.1. The van der Waals surface area contributed by atoms with Gasteiger partial charge >= 0.3 is 0 Å². The molecule has 0 spiro atoms. The van der Waals surface area contributed by atoms with Crippen molar-refractivity contribution in [3.05, 3.63) is 75.5 Å². The summed E-state index contributed by atoms with van der Waals surface area (Å²) in [6.07, 6.45) is 2.33. The van der Waals surface area contributed by atoms with E-state index >= 15 is 0 Å². The molecule has 5 rings (SSSR count). The second-order valence-corrected chi connectivity index (χ2v) is 10.9. The molecule has 0 atom stereocenters. The molecule has 1 fully saturated rings. The molecule has 2 N–H and O–H groups in total. The zero-order valence-electron chi connectivity index (χ0n) is 22.8. The molecule has 3 heterocycles. The Morgan fingerprint density at radius 2 is 1.69 bits per heavy atom. The molecule has 1 aliphatic rings. The number of anilines is 1. The summed E-state index contributed by atoms with van der Waals surface area (Å²) in [5.74, 6) is 1.54. The van der Waals surface area contributed by atoms with E-state index in [4.69, 9.17) is 38.0 Å². The SMILES string of the molecule is CCOc1cc(Cl)c(-c2c(C)nn3c(NCCNC4CCN(Cc5ccccc5)CC4)cc(C)nc23)c(Cl)c1. The van der Waals surface area contributed by atoms with E-state index in [0.717, 1.165) is 79.5 Å². The van der Waals surface area contributed by atoms with Crippen LogP contribution in [0.1, 0.15) is 36.7 Å². The molecule has 9 heteroatoms. The molecule has 206 valence electrons. The molecule has 2 aromatic carbocycles. The number of fused-ring (bicyclic) bond motifs is 1. The molecule has 0 saturated carbocycles. The quantitative estimate of drug-likeness (QED) is 0.217. The number of rotatable bonds is 10. The van der Waals surface area contributed by atoms with Gasteiger partial charge in [0.2, 0.25) is 0 Å². The molecule has 0 unspecified atom stereocenters. The summed E-state index contributed by atoms with van der Waals surface area (Å²) in [5, 5.41) is 13.1. The third-order valence-corrected chi connectivity index (χ3v) is 7.77. The van der Waals surface area contributed by atoms with E-state index in [2.05, 4.69) is 45.9 Å². The van der Waals surface area contributed by atoms with E-state index in [1.165, 1.54) is 5.56 Å². The fraction of sp³-hybridized carbons (Fsp3) is 0.400. The van der Waals surface area contributed by atoms with Gasteiger partial charge in [-0.25, -0.2) is 4.98 Å². The van der Waals surface area contributed by atoms with Gasteiger partial charge in [0.15, 0.2) is 5.65 Å². The van der Waals surface area contributed by atoms with Gasteiger partial charge in [0.1, 0.15) is 11.6 Å². The van der Waals surface area contributed by atoms with Crippen LogP contribution in [0.15, 0.2) is 48.5 Å². The lowest BCUT2D eigenvalue weighted by molar-refractivity contribution is 0.191. The predicted octanol–water partition coefficient (Wildman–Crippen LogP) is 6.38. The van der Waals surface area contributed by atoms with Gasteiger partial charge in [0, 0.05) is 43.0 Å². The predicted molar refractivity (Wildman–Crippen MR) is 160 cm³/mol. The number of ether oxygens (including phenoxy) is 1. The number of nitrogens with zero attached hydrogens (tertiary/aromatic N) is 4. The van der Waals surface area contributed by atoms with E-state index in [0.29, 0.717) is 28.4 Å². The van der Waals surface area contributed by atoms with Gasteiger partial charge < -0.3 is 15.4 Å². The Hall–Kier alpha value is -2.84. The molecule has 4 aromatic rings. The first-order valence-electron chi connectivity index (χ1n) is 13.7. The molecule has 2 aromatic heterocycles. The minimum Gasteiger partial charge on any atom is -0.494 e. The first-order valence-corrected chi connectivity index (χ1v) is 14.4. The van der Waals surface area contributed by atoms with Gasteiger partial charge in [0.05, 0.1) is 27.9 Å². The Labute approximate surface area is 240 Å². The van der Waals surface area contributed by atoms with Crippen molar-refractivity contribution in [3.63, 3.8) is 0 Å². The number of halogens is 2. The van der Waals surface area contributed by atoms with Gasteiger partial charge in [-0.3, -0.25) is 4.90 Å². The van der Waals surface area contributed by atoms with Crippen molar-refractivity contribution in [1.29, 1.82) is 0 Å². The molecule has 1 aliphatic heterocycles. The zero-order chi connectivity index (χ0) is 27.4. The van der Waals surface area contributed by atoms with Crippen LogP contribution in [0.2, 0.25) is 10.0 Å². The highest BCUT2D eigenvalue weighted by Crippen LogP contribution is 2.41. The number of benzene rings is 2. The van der Waals surface area contributed by atoms with E-state index in [1.54, 1.807) is 12.1 Å². The minimum absolute atomic E-state index is 0.515. The molecule has 1 saturated heterocycles. The lowest BCUT2D eigenvalue weighted by Crippen LogP contribution is -2.43. The Morgan fingerprint density at radius 1 is 0.974 bits per heavy atom. The lowest BCUT2D eigenvalue weighted by Gasteiger charge is -2.32. The maximum atomic E-state index is 6.68. The van der Waals surface area contributed by atoms with Gasteiger partial charge in [-0.05, 0) is 64.4 Å². The smallest absolute Gasteiger partial charge is 0.165 e. The van der Waals surface area contributed by atoms with E-state index in [9.17, 15) is 0 Å². The number of aromatic nitrogens is 3. The molecular formula is C30H36Cl2N6O. The third-order valence-electron chi connectivity index (χ3n) is 7.17. The van der Waals surface area contributed by atoms with Crippen LogP contribution in [0, 0.1) is 13.8 Å². The van der Waals surface area contributed by atoms with Crippen molar-refractivity contribution in [2.24, 2.45) is 0 Å². The van der Waals surface area contributed by atoms with Crippen LogP contribution < -0.4 is 15.4 Å². The molecule has 0 radical (unpaired) electrons. The minimum atomic E-state index is 0.515. The zero-order valence-corrected chi connectivity index (χ0v) is 24.3. The van der Waals surface area contributed by atoms with E-state index < -0.39 is 0 Å². The molecule has 0 amide bonds. The molecular weight excluding hydrogens is 531 g/mol. The first kappa shape index (κ1) is 27.7. The summed E-state index contributed by atoms with van der Waals surface area (Å²) in [7, 11) is 0. The Balaban J connectivity index is 1.22. The fourth-order valence-corrected chi connectivity index (χ4v) is 5.96. The summed E-state index contributed by atoms with van der Waals surface area (Å²) in [5.41, 5.74) is 5.37. The molecule has 7 nitrogen and oxygen atoms in total. The number of hydrogen-bond donors (Lipinski definition) is 2. The molecule has 39 heavy (non-hydrogen) atoms.